The van der Waals surface area contributed by atoms with Gasteiger partial charge in [0.05, 0.1) is 17.1 Å². The molecular formula is C12H13FO4S. The summed E-state index contributed by atoms with van der Waals surface area (Å²) in [5, 5.41) is 8.53. The van der Waals surface area contributed by atoms with E-state index in [1.54, 1.807) is 0 Å². The summed E-state index contributed by atoms with van der Waals surface area (Å²) >= 11 is 0. The Labute approximate surface area is 104 Å². The number of hydrogen-bond acceptors (Lipinski definition) is 3. The summed E-state index contributed by atoms with van der Waals surface area (Å²) in [6.07, 6.45) is 1.09. The van der Waals surface area contributed by atoms with Gasteiger partial charge in [-0.25, -0.2) is 12.8 Å². The lowest BCUT2D eigenvalue weighted by molar-refractivity contribution is -0.136. The normalized spacial score (nSPS) is 15.6. The Kier molecular flexibility index (Phi) is 3.38. The summed E-state index contributed by atoms with van der Waals surface area (Å²) in [6, 6.07) is 3.94. The van der Waals surface area contributed by atoms with E-state index in [0.717, 1.165) is 12.8 Å². The van der Waals surface area contributed by atoms with Gasteiger partial charge in [-0.3, -0.25) is 4.79 Å². The van der Waals surface area contributed by atoms with E-state index in [9.17, 15) is 17.6 Å². The van der Waals surface area contributed by atoms with Crippen LogP contribution in [-0.2, 0) is 14.6 Å². The highest BCUT2D eigenvalue weighted by atomic mass is 32.2. The van der Waals surface area contributed by atoms with Crippen LogP contribution in [0.5, 0.6) is 0 Å². The van der Waals surface area contributed by atoms with Crippen molar-refractivity contribution in [3.63, 3.8) is 0 Å². The molecule has 0 aromatic heterocycles. The average molecular weight is 272 g/mol. The van der Waals surface area contributed by atoms with E-state index in [4.69, 9.17) is 5.11 Å². The third-order valence-electron chi connectivity index (χ3n) is 2.92. The third kappa shape index (κ3) is 2.69. The number of carboxylic acid groups (broad SMARTS) is 1. The second-order valence-corrected chi connectivity index (χ2v) is 6.47. The quantitative estimate of drug-likeness (QED) is 0.889. The highest BCUT2D eigenvalue weighted by Crippen LogP contribution is 2.44. The number of halogens is 1. The zero-order valence-electron chi connectivity index (χ0n) is 9.60. The molecule has 1 aromatic carbocycles. The van der Waals surface area contributed by atoms with Crippen LogP contribution in [0.2, 0.25) is 0 Å². The Hall–Kier alpha value is -1.43. The van der Waals surface area contributed by atoms with Crippen LogP contribution in [0.1, 0.15) is 30.7 Å². The van der Waals surface area contributed by atoms with Gasteiger partial charge in [-0.1, -0.05) is 6.07 Å². The molecule has 2 rings (SSSR count). The van der Waals surface area contributed by atoms with E-state index < -0.39 is 33.8 Å². The van der Waals surface area contributed by atoms with Crippen molar-refractivity contribution in [2.24, 2.45) is 0 Å². The number of hydrogen-bond donors (Lipinski definition) is 1. The Morgan fingerprint density at radius 2 is 2.06 bits per heavy atom. The minimum Gasteiger partial charge on any atom is -0.481 e. The van der Waals surface area contributed by atoms with Crippen molar-refractivity contribution in [3.05, 3.63) is 29.6 Å². The molecule has 0 radical (unpaired) electrons. The Balaban J connectivity index is 2.38. The summed E-state index contributed by atoms with van der Waals surface area (Å²) in [5.74, 6) is -2.23. The first kappa shape index (κ1) is 13.0. The molecule has 1 aromatic rings. The summed E-state index contributed by atoms with van der Waals surface area (Å²) in [5.41, 5.74) is 0.225. The lowest BCUT2D eigenvalue weighted by Gasteiger charge is -2.10. The van der Waals surface area contributed by atoms with Crippen LogP contribution in [0.3, 0.4) is 0 Å². The van der Waals surface area contributed by atoms with E-state index in [1.165, 1.54) is 18.2 Å². The van der Waals surface area contributed by atoms with Crippen LogP contribution in [0.25, 0.3) is 0 Å². The summed E-state index contributed by atoms with van der Waals surface area (Å²) in [6.45, 7) is 0. The maximum atomic E-state index is 13.7. The van der Waals surface area contributed by atoms with Gasteiger partial charge in [0.1, 0.15) is 5.82 Å². The van der Waals surface area contributed by atoms with E-state index in [0.29, 0.717) is 0 Å². The predicted molar refractivity (Wildman–Crippen MR) is 62.7 cm³/mol. The third-order valence-corrected chi connectivity index (χ3v) is 4.69. The largest absolute Gasteiger partial charge is 0.481 e. The van der Waals surface area contributed by atoms with Gasteiger partial charge in [-0.05, 0) is 30.9 Å². The topological polar surface area (TPSA) is 71.4 Å². The number of sulfone groups is 1. The van der Waals surface area contributed by atoms with Crippen molar-refractivity contribution in [2.45, 2.75) is 30.1 Å². The lowest BCUT2D eigenvalue weighted by atomic mass is 10.1. The fraction of sp³-hybridized carbons (Fsp3) is 0.417. The summed E-state index contributed by atoms with van der Waals surface area (Å²) in [7, 11) is -3.73. The van der Waals surface area contributed by atoms with Gasteiger partial charge in [0.15, 0.2) is 9.84 Å². The number of benzene rings is 1. The molecule has 0 spiro atoms. The Bertz CT molecular complexity index is 576. The molecule has 1 saturated carbocycles. The predicted octanol–water partition coefficient (Wildman–Crippen LogP) is 1.95. The van der Waals surface area contributed by atoms with Gasteiger partial charge in [-0.2, -0.15) is 0 Å². The van der Waals surface area contributed by atoms with Crippen molar-refractivity contribution in [1.82, 2.24) is 0 Å². The van der Waals surface area contributed by atoms with Gasteiger partial charge >= 0.3 is 5.97 Å². The highest BCUT2D eigenvalue weighted by Gasteiger charge is 2.33. The van der Waals surface area contributed by atoms with Crippen LogP contribution >= 0.6 is 0 Å². The fourth-order valence-corrected chi connectivity index (χ4v) is 3.44. The molecule has 98 valence electrons. The van der Waals surface area contributed by atoms with Crippen molar-refractivity contribution >= 4 is 15.8 Å². The maximum Gasteiger partial charge on any atom is 0.304 e. The number of rotatable bonds is 5. The van der Waals surface area contributed by atoms with Gasteiger partial charge < -0.3 is 5.11 Å². The number of carboxylic acids is 1. The second kappa shape index (κ2) is 4.68. The first-order valence-corrected chi connectivity index (χ1v) is 7.30. The molecule has 0 atom stereocenters. The first-order chi connectivity index (χ1) is 8.42. The zero-order chi connectivity index (χ0) is 13.3. The Morgan fingerprint density at radius 3 is 2.61 bits per heavy atom. The Morgan fingerprint density at radius 1 is 1.39 bits per heavy atom. The molecule has 4 nitrogen and oxygen atoms in total. The van der Waals surface area contributed by atoms with E-state index >= 15 is 0 Å². The minimum absolute atomic E-state index is 0.0409. The number of aliphatic carboxylic acids is 1. The number of carbonyl (C=O) groups is 1. The van der Waals surface area contributed by atoms with Crippen molar-refractivity contribution in [2.75, 3.05) is 5.75 Å². The van der Waals surface area contributed by atoms with Crippen molar-refractivity contribution in [3.8, 4) is 0 Å². The standard InChI is InChI=1S/C12H13FO4S/c13-9-2-1-3-10(12(9)8-4-5-8)18(16,17)7-6-11(14)15/h1-3,8H,4-7H2,(H,14,15). The van der Waals surface area contributed by atoms with Crippen molar-refractivity contribution < 1.29 is 22.7 Å². The molecule has 1 N–H and O–H groups in total. The molecule has 0 bridgehead atoms. The van der Waals surface area contributed by atoms with E-state index in [2.05, 4.69) is 0 Å². The summed E-state index contributed by atoms with van der Waals surface area (Å²) in [4.78, 5) is 10.4. The maximum absolute atomic E-state index is 13.7. The lowest BCUT2D eigenvalue weighted by Crippen LogP contribution is -2.13. The molecule has 0 amide bonds. The molecule has 6 heteroatoms. The van der Waals surface area contributed by atoms with Crippen LogP contribution in [0.15, 0.2) is 23.1 Å². The first-order valence-electron chi connectivity index (χ1n) is 5.65. The van der Waals surface area contributed by atoms with Gasteiger partial charge in [0, 0.05) is 5.56 Å². The molecule has 1 fully saturated rings. The zero-order valence-corrected chi connectivity index (χ0v) is 10.4. The second-order valence-electron chi connectivity index (χ2n) is 4.39. The minimum atomic E-state index is -3.73. The van der Waals surface area contributed by atoms with Crippen LogP contribution in [-0.4, -0.2) is 25.2 Å². The van der Waals surface area contributed by atoms with Crippen molar-refractivity contribution in [1.29, 1.82) is 0 Å². The van der Waals surface area contributed by atoms with Gasteiger partial charge in [0.2, 0.25) is 0 Å². The molecular weight excluding hydrogens is 259 g/mol. The SMILES string of the molecule is O=C(O)CCS(=O)(=O)c1cccc(F)c1C1CC1. The molecule has 1 aliphatic rings. The van der Waals surface area contributed by atoms with Gasteiger partial charge in [0.25, 0.3) is 0 Å². The molecule has 18 heavy (non-hydrogen) atoms. The highest BCUT2D eigenvalue weighted by molar-refractivity contribution is 7.91. The monoisotopic (exact) mass is 272 g/mol. The molecule has 0 aliphatic heterocycles. The summed E-state index contributed by atoms with van der Waals surface area (Å²) < 4.78 is 37.7. The smallest absolute Gasteiger partial charge is 0.304 e. The average Bonchev–Trinajstić information content (AvgIpc) is 3.10. The fourth-order valence-electron chi connectivity index (χ4n) is 1.89. The van der Waals surface area contributed by atoms with E-state index in [-0.39, 0.29) is 16.4 Å². The van der Waals surface area contributed by atoms with E-state index in [1.807, 2.05) is 0 Å². The van der Waals surface area contributed by atoms with Crippen LogP contribution < -0.4 is 0 Å². The molecule has 0 saturated heterocycles. The van der Waals surface area contributed by atoms with Crippen LogP contribution in [0, 0.1) is 5.82 Å². The van der Waals surface area contributed by atoms with Crippen LogP contribution in [0.4, 0.5) is 4.39 Å². The molecule has 1 aliphatic carbocycles. The molecule has 0 unspecified atom stereocenters. The van der Waals surface area contributed by atoms with Gasteiger partial charge in [-0.15, -0.1) is 0 Å². The molecule has 0 heterocycles.